The summed E-state index contributed by atoms with van der Waals surface area (Å²) in [4.78, 5) is 8.35. The number of benzene rings is 3. The Balaban J connectivity index is 1.64. The number of aromatic amines is 1. The number of rotatable bonds is 8. The third-order valence-electron chi connectivity index (χ3n) is 5.02. The van der Waals surface area contributed by atoms with Crippen molar-refractivity contribution in [2.75, 3.05) is 27.2 Å². The predicted molar refractivity (Wildman–Crippen MR) is 119 cm³/mol. The highest BCUT2D eigenvalue weighted by atomic mass is 16.5. The number of hydrogen-bond donors (Lipinski definition) is 3. The van der Waals surface area contributed by atoms with Gasteiger partial charge in [0.1, 0.15) is 11.6 Å². The van der Waals surface area contributed by atoms with Crippen molar-refractivity contribution in [3.8, 4) is 28.3 Å². The minimum absolute atomic E-state index is 0.809. The van der Waals surface area contributed by atoms with Crippen LogP contribution in [-0.2, 0) is 6.54 Å². The Hall–Kier alpha value is -3.15. The molecule has 1 aromatic heterocycles. The number of para-hydroxylation sites is 2. The van der Waals surface area contributed by atoms with Gasteiger partial charge in [0.15, 0.2) is 0 Å². The van der Waals surface area contributed by atoms with Gasteiger partial charge in [-0.15, -0.1) is 0 Å². The average Bonchev–Trinajstić information content (AvgIpc) is 3.21. The van der Waals surface area contributed by atoms with Crippen LogP contribution in [0.1, 0.15) is 5.56 Å². The predicted octanol–water partition coefficient (Wildman–Crippen LogP) is 4.21. The van der Waals surface area contributed by atoms with Gasteiger partial charge in [0.05, 0.1) is 23.7 Å². The first-order valence-corrected chi connectivity index (χ1v) is 9.87. The van der Waals surface area contributed by atoms with Gasteiger partial charge in [-0.05, 0) is 36.4 Å². The van der Waals surface area contributed by atoms with E-state index in [1.165, 1.54) is 5.56 Å². The molecule has 0 saturated heterocycles. The zero-order valence-electron chi connectivity index (χ0n) is 16.8. The van der Waals surface area contributed by atoms with Crippen LogP contribution in [0.3, 0.4) is 0 Å². The smallest absolute Gasteiger partial charge is 0.142 e. The number of H-pyrrole nitrogens is 1. The van der Waals surface area contributed by atoms with Crippen LogP contribution in [0, 0.1) is 0 Å². The molecule has 3 aromatic carbocycles. The highest BCUT2D eigenvalue weighted by Gasteiger charge is 2.13. The first-order valence-electron chi connectivity index (χ1n) is 9.87. The zero-order valence-corrected chi connectivity index (χ0v) is 16.8. The van der Waals surface area contributed by atoms with Crippen molar-refractivity contribution in [2.24, 2.45) is 0 Å². The molecule has 0 aliphatic rings. The van der Waals surface area contributed by atoms with Gasteiger partial charge in [-0.3, -0.25) is 0 Å². The fraction of sp³-hybridized carbons (Fsp3) is 0.208. The van der Waals surface area contributed by atoms with Crippen molar-refractivity contribution < 1.29 is 4.74 Å². The Morgan fingerprint density at radius 1 is 0.897 bits per heavy atom. The summed E-state index contributed by atoms with van der Waals surface area (Å²) in [6.45, 7) is 2.79. The second-order valence-electron chi connectivity index (χ2n) is 6.96. The minimum atomic E-state index is 0.809. The zero-order chi connectivity index (χ0) is 20.1. The van der Waals surface area contributed by atoms with E-state index in [-0.39, 0.29) is 0 Å². The molecular weight excluding hydrogens is 360 g/mol. The molecule has 0 aliphatic carbocycles. The number of nitrogens with zero attached hydrogens (tertiary/aromatic N) is 1. The summed E-state index contributed by atoms with van der Waals surface area (Å²) in [6, 6.07) is 22.9. The first kappa shape index (κ1) is 19.2. The van der Waals surface area contributed by atoms with Crippen molar-refractivity contribution >= 4 is 11.0 Å². The summed E-state index contributed by atoms with van der Waals surface area (Å²) in [5.41, 5.74) is 6.49. The maximum absolute atomic E-state index is 5.50. The van der Waals surface area contributed by atoms with Gasteiger partial charge in [0.25, 0.3) is 0 Å². The van der Waals surface area contributed by atoms with Crippen LogP contribution in [0.5, 0.6) is 5.75 Å². The summed E-state index contributed by atoms with van der Waals surface area (Å²) >= 11 is 0. The van der Waals surface area contributed by atoms with E-state index in [9.17, 15) is 0 Å². The number of likely N-dealkylation sites (N-methyl/N-ethyl adjacent to an activating group) is 1. The van der Waals surface area contributed by atoms with Crippen LogP contribution < -0.4 is 15.4 Å². The molecular formula is C24H26N4O. The third-order valence-corrected chi connectivity index (χ3v) is 5.02. The van der Waals surface area contributed by atoms with Crippen molar-refractivity contribution in [1.29, 1.82) is 0 Å². The third kappa shape index (κ3) is 4.16. The van der Waals surface area contributed by atoms with Crippen LogP contribution in [0.15, 0.2) is 66.7 Å². The number of aromatic nitrogens is 2. The molecule has 0 spiro atoms. The highest BCUT2D eigenvalue weighted by molar-refractivity contribution is 5.94. The van der Waals surface area contributed by atoms with Crippen molar-refractivity contribution in [2.45, 2.75) is 6.54 Å². The lowest BCUT2D eigenvalue weighted by molar-refractivity contribution is 0.416. The maximum Gasteiger partial charge on any atom is 0.142 e. The molecule has 1 heterocycles. The van der Waals surface area contributed by atoms with Gasteiger partial charge < -0.3 is 20.4 Å². The first-order chi connectivity index (χ1) is 14.3. The summed E-state index contributed by atoms with van der Waals surface area (Å²) in [5.74, 6) is 1.62. The molecule has 29 heavy (non-hydrogen) atoms. The number of fused-ring (bicyclic) bond motifs is 1. The Bertz CT molecular complexity index is 1090. The molecule has 4 rings (SSSR count). The fourth-order valence-corrected chi connectivity index (χ4v) is 3.48. The van der Waals surface area contributed by atoms with Crippen molar-refractivity contribution in [1.82, 2.24) is 20.6 Å². The molecule has 0 unspecified atom stereocenters. The molecule has 3 N–H and O–H groups in total. The highest BCUT2D eigenvalue weighted by Crippen LogP contribution is 2.33. The molecule has 0 fully saturated rings. The lowest BCUT2D eigenvalue weighted by atomic mass is 10.0. The molecule has 0 radical (unpaired) electrons. The molecule has 5 nitrogen and oxygen atoms in total. The lowest BCUT2D eigenvalue weighted by Gasteiger charge is -2.07. The van der Waals surface area contributed by atoms with Gasteiger partial charge in [0.2, 0.25) is 0 Å². The molecule has 0 atom stereocenters. The quantitative estimate of drug-likeness (QED) is 0.397. The van der Waals surface area contributed by atoms with Crippen LogP contribution in [0.25, 0.3) is 33.5 Å². The van der Waals surface area contributed by atoms with E-state index in [1.54, 1.807) is 7.11 Å². The normalized spacial score (nSPS) is 11.1. The number of nitrogens with one attached hydrogen (secondary N) is 3. The fourth-order valence-electron chi connectivity index (χ4n) is 3.48. The van der Waals surface area contributed by atoms with Gasteiger partial charge in [-0.2, -0.15) is 0 Å². The number of hydrogen-bond acceptors (Lipinski definition) is 4. The van der Waals surface area contributed by atoms with Crippen molar-refractivity contribution in [3.63, 3.8) is 0 Å². The van der Waals surface area contributed by atoms with E-state index in [0.717, 1.165) is 58.9 Å². The van der Waals surface area contributed by atoms with E-state index in [1.807, 2.05) is 31.3 Å². The van der Waals surface area contributed by atoms with Crippen molar-refractivity contribution in [3.05, 3.63) is 72.3 Å². The van der Waals surface area contributed by atoms with Crippen LogP contribution in [0.2, 0.25) is 0 Å². The largest absolute Gasteiger partial charge is 0.496 e. The Morgan fingerprint density at radius 2 is 1.69 bits per heavy atom. The molecule has 0 amide bonds. The summed E-state index contributed by atoms with van der Waals surface area (Å²) in [5, 5.41) is 6.57. The Labute approximate surface area is 171 Å². The molecule has 0 aliphatic heterocycles. The Morgan fingerprint density at radius 3 is 2.48 bits per heavy atom. The summed E-state index contributed by atoms with van der Waals surface area (Å²) < 4.78 is 5.50. The number of methoxy groups -OCH3 is 1. The van der Waals surface area contributed by atoms with Crippen LogP contribution >= 0.6 is 0 Å². The van der Waals surface area contributed by atoms with Gasteiger partial charge in [-0.1, -0.05) is 48.5 Å². The topological polar surface area (TPSA) is 62.0 Å². The lowest BCUT2D eigenvalue weighted by Crippen LogP contribution is -2.24. The molecule has 0 bridgehead atoms. The number of imidazole rings is 1. The van der Waals surface area contributed by atoms with Gasteiger partial charge in [-0.25, -0.2) is 4.98 Å². The van der Waals surface area contributed by atoms with E-state index in [4.69, 9.17) is 9.72 Å². The minimum Gasteiger partial charge on any atom is -0.496 e. The monoisotopic (exact) mass is 386 g/mol. The van der Waals surface area contributed by atoms with Gasteiger partial charge >= 0.3 is 0 Å². The maximum atomic E-state index is 5.50. The van der Waals surface area contributed by atoms with E-state index in [2.05, 4.69) is 58.1 Å². The van der Waals surface area contributed by atoms with E-state index >= 15 is 0 Å². The molecule has 0 saturated carbocycles. The average molecular weight is 386 g/mol. The van der Waals surface area contributed by atoms with E-state index < -0.39 is 0 Å². The Kier molecular flexibility index (Phi) is 5.89. The molecule has 5 heteroatoms. The van der Waals surface area contributed by atoms with Gasteiger partial charge in [0, 0.05) is 25.2 Å². The van der Waals surface area contributed by atoms with E-state index in [0.29, 0.717) is 0 Å². The van der Waals surface area contributed by atoms with Crippen LogP contribution in [-0.4, -0.2) is 37.2 Å². The summed E-state index contributed by atoms with van der Waals surface area (Å²) in [7, 11) is 3.65. The molecule has 148 valence electrons. The van der Waals surface area contributed by atoms with Crippen LogP contribution in [0.4, 0.5) is 0 Å². The SMILES string of the molecule is CNCCNCc1ccc(-c2cccc3[nH]c(-c4ccccc4OC)nc23)cc1. The second kappa shape index (κ2) is 8.90. The second-order valence-corrected chi connectivity index (χ2v) is 6.96. The standard InChI is InChI=1S/C24H26N4O/c1-25-14-15-26-16-17-10-12-18(13-11-17)19-7-5-8-21-23(19)28-24(27-21)20-6-3-4-9-22(20)29-2/h3-13,25-26H,14-16H2,1-2H3,(H,27,28). The summed E-state index contributed by atoms with van der Waals surface area (Å²) in [6.07, 6.45) is 0. The molecule has 4 aromatic rings. The number of ether oxygens (including phenoxy) is 1.